The summed E-state index contributed by atoms with van der Waals surface area (Å²) in [5, 5.41) is 3.33. The maximum atomic E-state index is 5.33. The van der Waals surface area contributed by atoms with Gasteiger partial charge < -0.3 is 10.1 Å². The van der Waals surface area contributed by atoms with Gasteiger partial charge in [0.25, 0.3) is 0 Å². The third-order valence-corrected chi connectivity index (χ3v) is 3.27. The number of nitrogens with one attached hydrogen (secondary N) is 1. The Hall–Kier alpha value is -2.10. The predicted molar refractivity (Wildman–Crippen MR) is 74.3 cm³/mol. The van der Waals surface area contributed by atoms with Gasteiger partial charge >= 0.3 is 0 Å². The van der Waals surface area contributed by atoms with Gasteiger partial charge in [0.1, 0.15) is 17.4 Å². The van der Waals surface area contributed by atoms with Crippen LogP contribution in [-0.2, 0) is 6.54 Å². The first kappa shape index (κ1) is 12.0. The molecule has 1 N–H and O–H groups in total. The molecule has 1 aliphatic rings. The van der Waals surface area contributed by atoms with Crippen molar-refractivity contribution in [2.24, 2.45) is 0 Å². The molecule has 4 nitrogen and oxygen atoms in total. The lowest BCUT2D eigenvalue weighted by molar-refractivity contribution is 0.410. The molecule has 1 saturated carbocycles. The Kier molecular flexibility index (Phi) is 3.31. The van der Waals surface area contributed by atoms with Crippen LogP contribution in [0.3, 0.4) is 0 Å². The van der Waals surface area contributed by atoms with E-state index < -0.39 is 0 Å². The van der Waals surface area contributed by atoms with E-state index in [-0.39, 0.29) is 0 Å². The van der Waals surface area contributed by atoms with Gasteiger partial charge in [-0.1, -0.05) is 18.2 Å². The molecule has 0 spiro atoms. The highest BCUT2D eigenvalue weighted by molar-refractivity contribution is 5.39. The van der Waals surface area contributed by atoms with Gasteiger partial charge in [0, 0.05) is 24.2 Å². The zero-order valence-electron chi connectivity index (χ0n) is 11.0. The predicted octanol–water partition coefficient (Wildman–Crippen LogP) is 2.97. The topological polar surface area (TPSA) is 47.0 Å². The van der Waals surface area contributed by atoms with Crippen LogP contribution in [0.5, 0.6) is 5.75 Å². The minimum absolute atomic E-state index is 0.577. The summed E-state index contributed by atoms with van der Waals surface area (Å²) >= 11 is 0. The van der Waals surface area contributed by atoms with Crippen LogP contribution in [0, 0.1) is 0 Å². The molecule has 98 valence electrons. The smallest absolute Gasteiger partial charge is 0.133 e. The van der Waals surface area contributed by atoms with Crippen molar-refractivity contribution < 1.29 is 4.74 Å². The van der Waals surface area contributed by atoms with Crippen LogP contribution in [0.2, 0.25) is 0 Å². The van der Waals surface area contributed by atoms with Crippen LogP contribution in [0.15, 0.2) is 36.5 Å². The molecule has 1 fully saturated rings. The highest BCUT2D eigenvalue weighted by Crippen LogP contribution is 2.38. The molecule has 0 atom stereocenters. The van der Waals surface area contributed by atoms with Crippen molar-refractivity contribution in [2.45, 2.75) is 25.3 Å². The molecule has 0 saturated heterocycles. The summed E-state index contributed by atoms with van der Waals surface area (Å²) in [6, 6.07) is 9.90. The Bertz CT molecular complexity index is 567. The highest BCUT2D eigenvalue weighted by atomic mass is 16.5. The molecular formula is C15H17N3O. The first-order chi connectivity index (χ1) is 9.36. The summed E-state index contributed by atoms with van der Waals surface area (Å²) < 4.78 is 5.33. The number of anilines is 1. The summed E-state index contributed by atoms with van der Waals surface area (Å²) in [5.41, 5.74) is 1.12. The Labute approximate surface area is 112 Å². The van der Waals surface area contributed by atoms with Crippen LogP contribution in [0.1, 0.15) is 30.1 Å². The SMILES string of the molecule is COc1ccccc1CNc1ccnc(C2CC2)n1. The van der Waals surface area contributed by atoms with Crippen molar-refractivity contribution in [1.82, 2.24) is 9.97 Å². The third kappa shape index (κ3) is 2.84. The Balaban J connectivity index is 1.70. The van der Waals surface area contributed by atoms with Crippen LogP contribution >= 0.6 is 0 Å². The number of nitrogens with zero attached hydrogens (tertiary/aromatic N) is 2. The molecule has 0 amide bonds. The quantitative estimate of drug-likeness (QED) is 0.892. The summed E-state index contributed by atoms with van der Waals surface area (Å²) in [6.45, 7) is 0.700. The van der Waals surface area contributed by atoms with E-state index in [0.717, 1.165) is 23.0 Å². The number of hydrogen-bond acceptors (Lipinski definition) is 4. The van der Waals surface area contributed by atoms with Crippen molar-refractivity contribution in [2.75, 3.05) is 12.4 Å². The van der Waals surface area contributed by atoms with Crippen molar-refractivity contribution in [3.05, 3.63) is 47.9 Å². The standard InChI is InChI=1S/C15H17N3O/c1-19-13-5-3-2-4-12(13)10-17-14-8-9-16-15(18-14)11-6-7-11/h2-5,8-9,11H,6-7,10H2,1H3,(H,16,17,18). The minimum atomic E-state index is 0.577. The van der Waals surface area contributed by atoms with Crippen molar-refractivity contribution in [1.29, 1.82) is 0 Å². The zero-order valence-corrected chi connectivity index (χ0v) is 11.0. The molecule has 0 unspecified atom stereocenters. The molecule has 4 heteroatoms. The second-order valence-electron chi connectivity index (χ2n) is 4.74. The van der Waals surface area contributed by atoms with Gasteiger partial charge in [0.15, 0.2) is 0 Å². The number of methoxy groups -OCH3 is 1. The largest absolute Gasteiger partial charge is 0.496 e. The van der Waals surface area contributed by atoms with Crippen molar-refractivity contribution in [3.63, 3.8) is 0 Å². The van der Waals surface area contributed by atoms with E-state index in [1.807, 2.05) is 30.5 Å². The van der Waals surface area contributed by atoms with Gasteiger partial charge in [0.05, 0.1) is 7.11 Å². The lowest BCUT2D eigenvalue weighted by atomic mass is 10.2. The number of benzene rings is 1. The number of ether oxygens (including phenoxy) is 1. The number of aromatic nitrogens is 2. The molecule has 19 heavy (non-hydrogen) atoms. The maximum absolute atomic E-state index is 5.33. The van der Waals surface area contributed by atoms with Crippen LogP contribution in [0.4, 0.5) is 5.82 Å². The van der Waals surface area contributed by atoms with E-state index in [1.54, 1.807) is 7.11 Å². The van der Waals surface area contributed by atoms with Crippen molar-refractivity contribution >= 4 is 5.82 Å². The van der Waals surface area contributed by atoms with E-state index in [0.29, 0.717) is 12.5 Å². The lowest BCUT2D eigenvalue weighted by Crippen LogP contribution is -2.04. The fraction of sp³-hybridized carbons (Fsp3) is 0.333. The van der Waals surface area contributed by atoms with E-state index in [2.05, 4.69) is 21.4 Å². The second-order valence-corrected chi connectivity index (χ2v) is 4.74. The van der Waals surface area contributed by atoms with E-state index in [1.165, 1.54) is 12.8 Å². The Morgan fingerprint density at radius 1 is 1.26 bits per heavy atom. The van der Waals surface area contributed by atoms with Gasteiger partial charge in [-0.25, -0.2) is 9.97 Å². The second kappa shape index (κ2) is 5.26. The normalized spacial score (nSPS) is 14.2. The summed E-state index contributed by atoms with van der Waals surface area (Å²) in [4.78, 5) is 8.86. The highest BCUT2D eigenvalue weighted by Gasteiger charge is 2.26. The number of hydrogen-bond donors (Lipinski definition) is 1. The fourth-order valence-corrected chi connectivity index (χ4v) is 2.05. The fourth-order valence-electron chi connectivity index (χ4n) is 2.05. The van der Waals surface area contributed by atoms with Gasteiger partial charge in [-0.15, -0.1) is 0 Å². The number of para-hydroxylation sites is 1. The van der Waals surface area contributed by atoms with Crippen molar-refractivity contribution in [3.8, 4) is 5.75 Å². The van der Waals surface area contributed by atoms with Crippen LogP contribution in [0.25, 0.3) is 0 Å². The molecule has 1 aromatic heterocycles. The molecule has 1 aromatic carbocycles. The monoisotopic (exact) mass is 255 g/mol. The first-order valence-electron chi connectivity index (χ1n) is 6.55. The zero-order chi connectivity index (χ0) is 13.1. The average Bonchev–Trinajstić information content (AvgIpc) is 3.30. The average molecular weight is 255 g/mol. The molecule has 0 bridgehead atoms. The van der Waals surface area contributed by atoms with E-state index >= 15 is 0 Å². The van der Waals surface area contributed by atoms with Crippen LogP contribution < -0.4 is 10.1 Å². The first-order valence-corrected chi connectivity index (χ1v) is 6.55. The Morgan fingerprint density at radius 3 is 2.89 bits per heavy atom. The van der Waals surface area contributed by atoms with Gasteiger partial charge in [-0.3, -0.25) is 0 Å². The van der Waals surface area contributed by atoms with Crippen LogP contribution in [-0.4, -0.2) is 17.1 Å². The maximum Gasteiger partial charge on any atom is 0.133 e. The molecule has 1 heterocycles. The molecule has 3 rings (SSSR count). The Morgan fingerprint density at radius 2 is 2.11 bits per heavy atom. The molecule has 1 aliphatic carbocycles. The summed E-state index contributed by atoms with van der Waals surface area (Å²) in [5.74, 6) is 3.31. The number of rotatable bonds is 5. The van der Waals surface area contributed by atoms with Gasteiger partial charge in [-0.05, 0) is 25.0 Å². The van der Waals surface area contributed by atoms with E-state index in [9.17, 15) is 0 Å². The lowest BCUT2D eigenvalue weighted by Gasteiger charge is -2.10. The summed E-state index contributed by atoms with van der Waals surface area (Å²) in [7, 11) is 1.69. The molecular weight excluding hydrogens is 238 g/mol. The third-order valence-electron chi connectivity index (χ3n) is 3.27. The van der Waals surface area contributed by atoms with Gasteiger partial charge in [-0.2, -0.15) is 0 Å². The molecule has 0 radical (unpaired) electrons. The minimum Gasteiger partial charge on any atom is -0.496 e. The molecule has 2 aromatic rings. The van der Waals surface area contributed by atoms with E-state index in [4.69, 9.17) is 4.74 Å². The molecule has 0 aliphatic heterocycles. The summed E-state index contributed by atoms with van der Waals surface area (Å²) in [6.07, 6.45) is 4.26. The van der Waals surface area contributed by atoms with Gasteiger partial charge in [0.2, 0.25) is 0 Å².